The summed E-state index contributed by atoms with van der Waals surface area (Å²) in [6, 6.07) is 7.91. The van der Waals surface area contributed by atoms with Gasteiger partial charge < -0.3 is 10.0 Å². The van der Waals surface area contributed by atoms with Crippen molar-refractivity contribution in [3.05, 3.63) is 29.3 Å². The van der Waals surface area contributed by atoms with E-state index in [4.69, 9.17) is 11.6 Å². The largest absolute Gasteiger partial charge is 0.480 e. The summed E-state index contributed by atoms with van der Waals surface area (Å²) in [5, 5.41) is 9.83. The number of halogens is 1. The number of carboxylic acid groups (broad SMARTS) is 1. The molecule has 0 aliphatic heterocycles. The summed E-state index contributed by atoms with van der Waals surface area (Å²) in [6.07, 6.45) is 4.95. The van der Waals surface area contributed by atoms with Crippen LogP contribution in [0, 0.1) is 11.8 Å². The Bertz CT molecular complexity index is 491. The maximum absolute atomic E-state index is 11.2. The lowest BCUT2D eigenvalue weighted by Crippen LogP contribution is -2.42. The van der Waals surface area contributed by atoms with Gasteiger partial charge in [-0.1, -0.05) is 24.1 Å². The molecule has 1 aromatic rings. The minimum Gasteiger partial charge on any atom is -0.480 e. The zero-order valence-electron chi connectivity index (χ0n) is 10.8. The quantitative estimate of drug-likeness (QED) is 0.918. The molecule has 102 valence electrons. The molecule has 2 fully saturated rings. The maximum atomic E-state index is 11.2. The third-order valence-electron chi connectivity index (χ3n) is 4.55. The van der Waals surface area contributed by atoms with Crippen LogP contribution in [0.1, 0.15) is 25.7 Å². The average molecular weight is 280 g/mol. The van der Waals surface area contributed by atoms with E-state index in [1.54, 1.807) is 0 Å². The first-order valence-corrected chi connectivity index (χ1v) is 7.25. The molecule has 0 radical (unpaired) electrons. The van der Waals surface area contributed by atoms with E-state index >= 15 is 0 Å². The zero-order valence-corrected chi connectivity index (χ0v) is 11.5. The predicted octanol–water partition coefficient (Wildman–Crippen LogP) is 3.42. The second-order valence-corrected chi connectivity index (χ2v) is 6.18. The third-order valence-corrected chi connectivity index (χ3v) is 4.78. The van der Waals surface area contributed by atoms with Gasteiger partial charge in [0.05, 0.1) is 0 Å². The molecule has 1 aromatic carbocycles. The topological polar surface area (TPSA) is 40.5 Å². The Morgan fingerprint density at radius 2 is 2.21 bits per heavy atom. The Hall–Kier alpha value is -1.22. The summed E-state index contributed by atoms with van der Waals surface area (Å²) in [5.41, 5.74) is 0.937. The SMILES string of the molecule is O=C(O)CN(c1cccc(Cl)c1)C1CC2CCC1C2. The van der Waals surface area contributed by atoms with Crippen molar-refractivity contribution in [3.63, 3.8) is 0 Å². The van der Waals surface area contributed by atoms with Crippen LogP contribution < -0.4 is 4.90 Å². The molecule has 0 spiro atoms. The van der Waals surface area contributed by atoms with Gasteiger partial charge in [-0.25, -0.2) is 0 Å². The van der Waals surface area contributed by atoms with Gasteiger partial charge in [0.1, 0.15) is 6.54 Å². The molecule has 3 atom stereocenters. The van der Waals surface area contributed by atoms with Gasteiger partial charge in [0.15, 0.2) is 0 Å². The summed E-state index contributed by atoms with van der Waals surface area (Å²) in [6.45, 7) is 0.0637. The van der Waals surface area contributed by atoms with Crippen LogP contribution in [-0.4, -0.2) is 23.7 Å². The van der Waals surface area contributed by atoms with Gasteiger partial charge in [-0.2, -0.15) is 0 Å². The predicted molar refractivity (Wildman–Crippen MR) is 75.7 cm³/mol. The summed E-state index contributed by atoms with van der Waals surface area (Å²) in [4.78, 5) is 13.2. The Morgan fingerprint density at radius 1 is 1.37 bits per heavy atom. The average Bonchev–Trinajstić information content (AvgIpc) is 2.97. The van der Waals surface area contributed by atoms with E-state index in [1.165, 1.54) is 19.3 Å². The standard InChI is InChI=1S/C15H18ClNO2/c16-12-2-1-3-13(8-12)17(9-15(18)19)14-7-10-4-5-11(14)6-10/h1-3,8,10-11,14H,4-7,9H2,(H,18,19). The van der Waals surface area contributed by atoms with Crippen LogP contribution in [0.15, 0.2) is 24.3 Å². The van der Waals surface area contributed by atoms with Crippen LogP contribution in [0.3, 0.4) is 0 Å². The van der Waals surface area contributed by atoms with E-state index in [-0.39, 0.29) is 6.54 Å². The van der Waals surface area contributed by atoms with Gasteiger partial charge in [0, 0.05) is 16.8 Å². The number of hydrogen-bond acceptors (Lipinski definition) is 2. The lowest BCUT2D eigenvalue weighted by atomic mass is 9.93. The van der Waals surface area contributed by atoms with Crippen molar-refractivity contribution in [2.75, 3.05) is 11.4 Å². The Morgan fingerprint density at radius 3 is 2.79 bits per heavy atom. The molecule has 2 bridgehead atoms. The molecule has 0 heterocycles. The zero-order chi connectivity index (χ0) is 13.4. The van der Waals surface area contributed by atoms with Crippen LogP contribution in [0.4, 0.5) is 5.69 Å². The molecule has 3 nitrogen and oxygen atoms in total. The molecular formula is C15H18ClNO2. The number of anilines is 1. The van der Waals surface area contributed by atoms with E-state index in [0.717, 1.165) is 18.0 Å². The van der Waals surface area contributed by atoms with E-state index in [9.17, 15) is 9.90 Å². The van der Waals surface area contributed by atoms with E-state index in [1.807, 2.05) is 29.2 Å². The van der Waals surface area contributed by atoms with Crippen LogP contribution in [0.5, 0.6) is 0 Å². The number of hydrogen-bond donors (Lipinski definition) is 1. The van der Waals surface area contributed by atoms with Crippen molar-refractivity contribution in [2.45, 2.75) is 31.7 Å². The Kier molecular flexibility index (Phi) is 3.40. The number of fused-ring (bicyclic) bond motifs is 2. The van der Waals surface area contributed by atoms with Crippen molar-refractivity contribution in [3.8, 4) is 0 Å². The van der Waals surface area contributed by atoms with Gasteiger partial charge in [-0.05, 0) is 49.3 Å². The second kappa shape index (κ2) is 5.04. The minimum absolute atomic E-state index is 0.0637. The number of carboxylic acids is 1. The van der Waals surface area contributed by atoms with Crippen molar-refractivity contribution in [1.82, 2.24) is 0 Å². The number of benzene rings is 1. The summed E-state index contributed by atoms with van der Waals surface area (Å²) < 4.78 is 0. The molecule has 2 saturated carbocycles. The van der Waals surface area contributed by atoms with Crippen LogP contribution in [0.2, 0.25) is 5.02 Å². The molecule has 2 aliphatic rings. The Labute approximate surface area is 118 Å². The number of carbonyl (C=O) groups is 1. The van der Waals surface area contributed by atoms with Crippen molar-refractivity contribution >= 4 is 23.3 Å². The third kappa shape index (κ3) is 2.57. The molecule has 2 aliphatic carbocycles. The summed E-state index contributed by atoms with van der Waals surface area (Å²) in [5.74, 6) is 0.677. The fraction of sp³-hybridized carbons (Fsp3) is 0.533. The van der Waals surface area contributed by atoms with E-state index in [0.29, 0.717) is 17.0 Å². The van der Waals surface area contributed by atoms with Crippen LogP contribution in [0.25, 0.3) is 0 Å². The van der Waals surface area contributed by atoms with Crippen LogP contribution in [-0.2, 0) is 4.79 Å². The molecule has 0 amide bonds. The number of rotatable bonds is 4. The molecule has 0 aromatic heterocycles. The van der Waals surface area contributed by atoms with Gasteiger partial charge in [-0.3, -0.25) is 4.79 Å². The normalized spacial score (nSPS) is 28.6. The highest BCUT2D eigenvalue weighted by Gasteiger charge is 2.42. The molecule has 3 rings (SSSR count). The minimum atomic E-state index is -0.775. The molecular weight excluding hydrogens is 262 g/mol. The van der Waals surface area contributed by atoms with Gasteiger partial charge in [-0.15, -0.1) is 0 Å². The molecule has 1 N–H and O–H groups in total. The fourth-order valence-electron chi connectivity index (χ4n) is 3.79. The first-order chi connectivity index (χ1) is 9.13. The molecule has 0 saturated heterocycles. The number of nitrogens with zero attached hydrogens (tertiary/aromatic N) is 1. The highest BCUT2D eigenvalue weighted by Crippen LogP contribution is 2.47. The highest BCUT2D eigenvalue weighted by atomic mass is 35.5. The fourth-order valence-corrected chi connectivity index (χ4v) is 3.98. The molecule has 4 heteroatoms. The first kappa shape index (κ1) is 12.8. The van der Waals surface area contributed by atoms with Crippen molar-refractivity contribution in [1.29, 1.82) is 0 Å². The lowest BCUT2D eigenvalue weighted by molar-refractivity contribution is -0.135. The molecule has 19 heavy (non-hydrogen) atoms. The Balaban J connectivity index is 1.87. The number of aliphatic carboxylic acids is 1. The van der Waals surface area contributed by atoms with E-state index < -0.39 is 5.97 Å². The lowest BCUT2D eigenvalue weighted by Gasteiger charge is -2.35. The second-order valence-electron chi connectivity index (χ2n) is 5.74. The highest BCUT2D eigenvalue weighted by molar-refractivity contribution is 6.30. The smallest absolute Gasteiger partial charge is 0.323 e. The van der Waals surface area contributed by atoms with E-state index in [2.05, 4.69) is 0 Å². The van der Waals surface area contributed by atoms with Crippen molar-refractivity contribution in [2.24, 2.45) is 11.8 Å². The first-order valence-electron chi connectivity index (χ1n) is 6.87. The summed E-state index contributed by atoms with van der Waals surface area (Å²) in [7, 11) is 0. The van der Waals surface area contributed by atoms with Gasteiger partial charge >= 0.3 is 5.97 Å². The maximum Gasteiger partial charge on any atom is 0.323 e. The van der Waals surface area contributed by atoms with Gasteiger partial charge in [0.2, 0.25) is 0 Å². The van der Waals surface area contributed by atoms with Crippen molar-refractivity contribution < 1.29 is 9.90 Å². The molecule has 3 unspecified atom stereocenters. The van der Waals surface area contributed by atoms with Gasteiger partial charge in [0.25, 0.3) is 0 Å². The monoisotopic (exact) mass is 279 g/mol. The van der Waals surface area contributed by atoms with Crippen LogP contribution >= 0.6 is 11.6 Å². The summed E-state index contributed by atoms with van der Waals surface area (Å²) >= 11 is 6.04.